The Labute approximate surface area is 136 Å². The molecule has 1 unspecified atom stereocenters. The summed E-state index contributed by atoms with van der Waals surface area (Å²) in [5.74, 6) is -0.523. The summed E-state index contributed by atoms with van der Waals surface area (Å²) in [4.78, 5) is 18.2. The maximum atomic E-state index is 11.0. The molecule has 0 aliphatic carbocycles. The molecule has 0 aliphatic rings. The number of benzene rings is 2. The first kappa shape index (κ1) is 15.3. The van der Waals surface area contributed by atoms with Crippen LogP contribution in [0.5, 0.6) is 0 Å². The number of aromatic amines is 1. The second kappa shape index (κ2) is 6.28. The van der Waals surface area contributed by atoms with E-state index in [9.17, 15) is 9.90 Å². The highest BCUT2D eigenvalue weighted by molar-refractivity contribution is 6.30. The number of hydrogen-bond acceptors (Lipinski definition) is 4. The summed E-state index contributed by atoms with van der Waals surface area (Å²) in [6, 6.07) is 11.6. The third-order valence-corrected chi connectivity index (χ3v) is 3.70. The summed E-state index contributed by atoms with van der Waals surface area (Å²) in [5.41, 5.74) is 2.20. The molecular formula is C16H14ClN3O3. The van der Waals surface area contributed by atoms with E-state index in [1.165, 1.54) is 12.1 Å². The van der Waals surface area contributed by atoms with E-state index >= 15 is 0 Å². The number of imidazole rings is 1. The number of nitrogens with zero attached hydrogens (tertiary/aromatic N) is 1. The van der Waals surface area contributed by atoms with Gasteiger partial charge in [0.25, 0.3) is 0 Å². The molecular weight excluding hydrogens is 318 g/mol. The first-order valence-electron chi connectivity index (χ1n) is 6.93. The Morgan fingerprint density at radius 2 is 2.00 bits per heavy atom. The second-order valence-electron chi connectivity index (χ2n) is 5.07. The van der Waals surface area contributed by atoms with Gasteiger partial charge < -0.3 is 20.5 Å². The minimum Gasteiger partial charge on any atom is -0.478 e. The summed E-state index contributed by atoms with van der Waals surface area (Å²) in [7, 11) is 0. The molecule has 6 nitrogen and oxygen atoms in total. The van der Waals surface area contributed by atoms with Crippen molar-refractivity contribution in [2.45, 2.75) is 6.10 Å². The number of carbonyl (C=O) groups is 1. The number of carboxylic acid groups (broad SMARTS) is 1. The average Bonchev–Trinajstić information content (AvgIpc) is 2.95. The van der Waals surface area contributed by atoms with Crippen molar-refractivity contribution in [3.05, 3.63) is 58.6 Å². The number of aromatic carboxylic acids is 1. The quantitative estimate of drug-likeness (QED) is 0.576. The van der Waals surface area contributed by atoms with Crippen LogP contribution in [0.1, 0.15) is 22.0 Å². The van der Waals surface area contributed by atoms with Gasteiger partial charge in [0, 0.05) is 11.6 Å². The lowest BCUT2D eigenvalue weighted by Crippen LogP contribution is -2.12. The van der Waals surface area contributed by atoms with Crippen molar-refractivity contribution in [1.82, 2.24) is 9.97 Å². The molecule has 0 spiro atoms. The zero-order valence-corrected chi connectivity index (χ0v) is 12.7. The molecule has 118 valence electrons. The predicted molar refractivity (Wildman–Crippen MR) is 88.0 cm³/mol. The third kappa shape index (κ3) is 3.44. The number of aliphatic hydroxyl groups is 1. The summed E-state index contributed by atoms with van der Waals surface area (Å²) in [5, 5.41) is 22.7. The number of fused-ring (bicyclic) bond motifs is 1. The normalized spacial score (nSPS) is 12.3. The van der Waals surface area contributed by atoms with Crippen molar-refractivity contribution in [2.24, 2.45) is 0 Å². The highest BCUT2D eigenvalue weighted by atomic mass is 35.5. The van der Waals surface area contributed by atoms with E-state index in [0.29, 0.717) is 22.0 Å². The van der Waals surface area contributed by atoms with E-state index in [0.717, 1.165) is 5.56 Å². The van der Waals surface area contributed by atoms with Crippen LogP contribution in [0.3, 0.4) is 0 Å². The van der Waals surface area contributed by atoms with Crippen LogP contribution in [0, 0.1) is 0 Å². The molecule has 0 bridgehead atoms. The number of carboxylic acids is 1. The monoisotopic (exact) mass is 331 g/mol. The van der Waals surface area contributed by atoms with Crippen LogP contribution < -0.4 is 5.32 Å². The fourth-order valence-corrected chi connectivity index (χ4v) is 2.35. The number of rotatable bonds is 5. The third-order valence-electron chi connectivity index (χ3n) is 3.45. The summed E-state index contributed by atoms with van der Waals surface area (Å²) in [6.07, 6.45) is -0.713. The van der Waals surface area contributed by atoms with Crippen molar-refractivity contribution in [3.63, 3.8) is 0 Å². The minimum atomic E-state index is -0.992. The Morgan fingerprint density at radius 3 is 2.70 bits per heavy atom. The van der Waals surface area contributed by atoms with E-state index in [1.54, 1.807) is 30.3 Å². The largest absolute Gasteiger partial charge is 0.478 e. The van der Waals surface area contributed by atoms with Gasteiger partial charge in [-0.2, -0.15) is 0 Å². The standard InChI is InChI=1S/C16H14ClN3O3/c17-11-4-1-9(2-5-11)14(21)8-18-16-19-12-6-3-10(15(22)23)7-13(12)20-16/h1-7,14,21H,8H2,(H,22,23)(H2,18,19,20). The summed E-state index contributed by atoms with van der Waals surface area (Å²) in [6.45, 7) is 0.257. The smallest absolute Gasteiger partial charge is 0.335 e. The maximum absolute atomic E-state index is 11.0. The molecule has 7 heteroatoms. The van der Waals surface area contributed by atoms with Gasteiger partial charge in [0.1, 0.15) is 0 Å². The Morgan fingerprint density at radius 1 is 1.26 bits per heavy atom. The molecule has 3 rings (SSSR count). The lowest BCUT2D eigenvalue weighted by atomic mass is 10.1. The van der Waals surface area contributed by atoms with Gasteiger partial charge >= 0.3 is 5.97 Å². The van der Waals surface area contributed by atoms with Gasteiger partial charge in [-0.15, -0.1) is 0 Å². The van der Waals surface area contributed by atoms with Crippen LogP contribution in [-0.4, -0.2) is 32.7 Å². The molecule has 1 atom stereocenters. The Kier molecular flexibility index (Phi) is 4.18. The molecule has 0 aliphatic heterocycles. The number of hydrogen-bond donors (Lipinski definition) is 4. The molecule has 0 fully saturated rings. The van der Waals surface area contributed by atoms with E-state index in [1.807, 2.05) is 0 Å². The van der Waals surface area contributed by atoms with Crippen molar-refractivity contribution in [2.75, 3.05) is 11.9 Å². The Bertz CT molecular complexity index is 845. The molecule has 0 radical (unpaired) electrons. The van der Waals surface area contributed by atoms with Gasteiger partial charge in [0.15, 0.2) is 0 Å². The van der Waals surface area contributed by atoms with Gasteiger partial charge in [0.05, 0.1) is 22.7 Å². The molecule has 4 N–H and O–H groups in total. The first-order valence-corrected chi connectivity index (χ1v) is 7.31. The van der Waals surface area contributed by atoms with E-state index in [4.69, 9.17) is 16.7 Å². The fraction of sp³-hybridized carbons (Fsp3) is 0.125. The molecule has 3 aromatic rings. The van der Waals surface area contributed by atoms with Crippen LogP contribution in [0.4, 0.5) is 5.95 Å². The lowest BCUT2D eigenvalue weighted by molar-refractivity contribution is 0.0697. The number of nitrogens with one attached hydrogen (secondary N) is 2. The average molecular weight is 332 g/mol. The van der Waals surface area contributed by atoms with Crippen LogP contribution in [0.15, 0.2) is 42.5 Å². The van der Waals surface area contributed by atoms with Gasteiger partial charge in [-0.05, 0) is 35.9 Å². The van der Waals surface area contributed by atoms with Gasteiger partial charge in [-0.3, -0.25) is 0 Å². The number of aliphatic hydroxyl groups excluding tert-OH is 1. The summed E-state index contributed by atoms with van der Waals surface area (Å²) >= 11 is 5.82. The van der Waals surface area contributed by atoms with Crippen LogP contribution >= 0.6 is 11.6 Å². The fourth-order valence-electron chi connectivity index (χ4n) is 2.22. The van der Waals surface area contributed by atoms with Crippen molar-refractivity contribution < 1.29 is 15.0 Å². The second-order valence-corrected chi connectivity index (χ2v) is 5.51. The molecule has 0 amide bonds. The SMILES string of the molecule is O=C(O)c1ccc2nc(NCC(O)c3ccc(Cl)cc3)[nH]c2c1. The van der Waals surface area contributed by atoms with Crippen molar-refractivity contribution in [3.8, 4) is 0 Å². The van der Waals surface area contributed by atoms with E-state index in [2.05, 4.69) is 15.3 Å². The Hall–Kier alpha value is -2.57. The summed E-state index contributed by atoms with van der Waals surface area (Å²) < 4.78 is 0. The van der Waals surface area contributed by atoms with Gasteiger partial charge in [0.2, 0.25) is 5.95 Å². The topological polar surface area (TPSA) is 98.2 Å². The molecule has 1 heterocycles. The van der Waals surface area contributed by atoms with Crippen molar-refractivity contribution >= 4 is 34.6 Å². The van der Waals surface area contributed by atoms with Crippen LogP contribution in [0.25, 0.3) is 11.0 Å². The Balaban J connectivity index is 1.71. The zero-order valence-electron chi connectivity index (χ0n) is 12.0. The van der Waals surface area contributed by atoms with E-state index < -0.39 is 12.1 Å². The molecule has 0 saturated carbocycles. The van der Waals surface area contributed by atoms with E-state index in [-0.39, 0.29) is 12.1 Å². The van der Waals surface area contributed by atoms with Crippen LogP contribution in [0.2, 0.25) is 5.02 Å². The van der Waals surface area contributed by atoms with Crippen molar-refractivity contribution in [1.29, 1.82) is 0 Å². The van der Waals surface area contributed by atoms with Crippen LogP contribution in [-0.2, 0) is 0 Å². The first-order chi connectivity index (χ1) is 11.0. The van der Waals surface area contributed by atoms with Gasteiger partial charge in [-0.25, -0.2) is 9.78 Å². The number of anilines is 1. The number of halogens is 1. The highest BCUT2D eigenvalue weighted by Gasteiger charge is 2.10. The zero-order chi connectivity index (χ0) is 16.4. The lowest BCUT2D eigenvalue weighted by Gasteiger charge is -2.11. The molecule has 23 heavy (non-hydrogen) atoms. The van der Waals surface area contributed by atoms with Gasteiger partial charge in [-0.1, -0.05) is 23.7 Å². The minimum absolute atomic E-state index is 0.189. The highest BCUT2D eigenvalue weighted by Crippen LogP contribution is 2.19. The molecule has 0 saturated heterocycles. The molecule has 2 aromatic carbocycles. The number of H-pyrrole nitrogens is 1. The maximum Gasteiger partial charge on any atom is 0.335 e. The number of aromatic nitrogens is 2. The molecule has 1 aromatic heterocycles. The predicted octanol–water partition coefficient (Wildman–Crippen LogP) is 3.06.